The SMILES string of the molecule is Cc1ccc(-n2nnnc2CNC2CC2)cc1Br. The molecule has 1 N–H and O–H groups in total. The number of benzene rings is 1. The quantitative estimate of drug-likeness (QED) is 0.938. The van der Waals surface area contributed by atoms with Crippen LogP contribution in [0.25, 0.3) is 5.69 Å². The van der Waals surface area contributed by atoms with Crippen molar-refractivity contribution in [2.45, 2.75) is 32.4 Å². The molecule has 1 aromatic heterocycles. The lowest BCUT2D eigenvalue weighted by Gasteiger charge is -2.07. The Hall–Kier alpha value is -1.27. The second-order valence-corrected chi connectivity index (χ2v) is 5.45. The summed E-state index contributed by atoms with van der Waals surface area (Å²) in [5.41, 5.74) is 2.18. The average molecular weight is 308 g/mol. The largest absolute Gasteiger partial charge is 0.307 e. The van der Waals surface area contributed by atoms with Crippen molar-refractivity contribution in [3.63, 3.8) is 0 Å². The Bertz CT molecular complexity index is 561. The van der Waals surface area contributed by atoms with Gasteiger partial charge in [0.25, 0.3) is 0 Å². The predicted octanol–water partition coefficient (Wildman–Crippen LogP) is 1.99. The van der Waals surface area contributed by atoms with Gasteiger partial charge in [0.2, 0.25) is 0 Å². The monoisotopic (exact) mass is 307 g/mol. The Balaban J connectivity index is 1.85. The Morgan fingerprint density at radius 3 is 3.00 bits per heavy atom. The number of nitrogens with one attached hydrogen (secondary N) is 1. The van der Waals surface area contributed by atoms with Crippen LogP contribution >= 0.6 is 15.9 Å². The van der Waals surface area contributed by atoms with Crippen molar-refractivity contribution in [2.24, 2.45) is 0 Å². The fourth-order valence-corrected chi connectivity index (χ4v) is 2.12. The van der Waals surface area contributed by atoms with Gasteiger partial charge in [-0.05, 0) is 47.9 Å². The summed E-state index contributed by atoms with van der Waals surface area (Å²) in [7, 11) is 0. The first-order valence-corrected chi connectivity index (χ1v) is 6.80. The predicted molar refractivity (Wildman–Crippen MR) is 71.5 cm³/mol. The lowest BCUT2D eigenvalue weighted by molar-refractivity contribution is 0.637. The van der Waals surface area contributed by atoms with Crippen molar-refractivity contribution in [2.75, 3.05) is 0 Å². The van der Waals surface area contributed by atoms with E-state index in [1.165, 1.54) is 18.4 Å². The van der Waals surface area contributed by atoms with Gasteiger partial charge in [-0.3, -0.25) is 0 Å². The third kappa shape index (κ3) is 2.44. The molecule has 18 heavy (non-hydrogen) atoms. The van der Waals surface area contributed by atoms with Gasteiger partial charge in [0.15, 0.2) is 5.82 Å². The highest BCUT2D eigenvalue weighted by Crippen LogP contribution is 2.21. The molecular weight excluding hydrogens is 294 g/mol. The highest BCUT2D eigenvalue weighted by molar-refractivity contribution is 9.10. The maximum Gasteiger partial charge on any atom is 0.170 e. The van der Waals surface area contributed by atoms with Crippen LogP contribution in [0.3, 0.4) is 0 Å². The molecule has 0 saturated heterocycles. The number of tetrazole rings is 1. The zero-order valence-electron chi connectivity index (χ0n) is 10.1. The molecular formula is C12H14BrN5. The molecule has 1 saturated carbocycles. The summed E-state index contributed by atoms with van der Waals surface area (Å²) in [5, 5.41) is 15.3. The van der Waals surface area contributed by atoms with Crippen molar-refractivity contribution in [1.29, 1.82) is 0 Å². The molecule has 1 heterocycles. The lowest BCUT2D eigenvalue weighted by Crippen LogP contribution is -2.18. The fourth-order valence-electron chi connectivity index (χ4n) is 1.75. The number of aromatic nitrogens is 4. The smallest absolute Gasteiger partial charge is 0.170 e. The van der Waals surface area contributed by atoms with Crippen LogP contribution < -0.4 is 5.32 Å². The van der Waals surface area contributed by atoms with E-state index in [-0.39, 0.29) is 0 Å². The molecule has 0 amide bonds. The van der Waals surface area contributed by atoms with Crippen molar-refractivity contribution in [1.82, 2.24) is 25.5 Å². The van der Waals surface area contributed by atoms with Gasteiger partial charge in [-0.1, -0.05) is 22.0 Å². The van der Waals surface area contributed by atoms with Gasteiger partial charge in [0.1, 0.15) is 0 Å². The molecule has 3 rings (SSSR count). The van der Waals surface area contributed by atoms with Gasteiger partial charge in [0.05, 0.1) is 12.2 Å². The molecule has 0 bridgehead atoms. The van der Waals surface area contributed by atoms with E-state index < -0.39 is 0 Å². The molecule has 1 aliphatic rings. The van der Waals surface area contributed by atoms with Crippen molar-refractivity contribution in [3.05, 3.63) is 34.1 Å². The first-order valence-electron chi connectivity index (χ1n) is 6.01. The summed E-state index contributed by atoms with van der Waals surface area (Å²) >= 11 is 3.53. The second kappa shape index (κ2) is 4.78. The number of rotatable bonds is 4. The Labute approximate surface area is 114 Å². The van der Waals surface area contributed by atoms with E-state index in [1.807, 2.05) is 12.1 Å². The highest BCUT2D eigenvalue weighted by atomic mass is 79.9. The number of halogens is 1. The van der Waals surface area contributed by atoms with Gasteiger partial charge in [-0.2, -0.15) is 4.68 Å². The van der Waals surface area contributed by atoms with Crippen LogP contribution in [0.1, 0.15) is 24.2 Å². The molecule has 0 atom stereocenters. The van der Waals surface area contributed by atoms with E-state index in [4.69, 9.17) is 0 Å². The molecule has 6 heteroatoms. The molecule has 2 aromatic rings. The normalized spacial score (nSPS) is 15.0. The molecule has 0 aliphatic heterocycles. The molecule has 5 nitrogen and oxygen atoms in total. The third-order valence-electron chi connectivity index (χ3n) is 3.06. The molecule has 0 radical (unpaired) electrons. The summed E-state index contributed by atoms with van der Waals surface area (Å²) in [4.78, 5) is 0. The molecule has 1 aliphatic carbocycles. The zero-order chi connectivity index (χ0) is 12.5. The Morgan fingerprint density at radius 1 is 1.44 bits per heavy atom. The molecule has 0 spiro atoms. The number of nitrogens with zero attached hydrogens (tertiary/aromatic N) is 4. The fraction of sp³-hybridized carbons (Fsp3) is 0.417. The van der Waals surface area contributed by atoms with E-state index in [1.54, 1.807) is 4.68 Å². The summed E-state index contributed by atoms with van der Waals surface area (Å²) in [6.45, 7) is 2.77. The molecule has 1 aromatic carbocycles. The van der Waals surface area contributed by atoms with Crippen LogP contribution in [-0.4, -0.2) is 26.2 Å². The van der Waals surface area contributed by atoms with Crippen molar-refractivity contribution >= 4 is 15.9 Å². The van der Waals surface area contributed by atoms with Crippen molar-refractivity contribution < 1.29 is 0 Å². The minimum Gasteiger partial charge on any atom is -0.307 e. The van der Waals surface area contributed by atoms with E-state index in [9.17, 15) is 0 Å². The molecule has 94 valence electrons. The second-order valence-electron chi connectivity index (χ2n) is 4.60. The van der Waals surface area contributed by atoms with E-state index in [2.05, 4.69) is 49.8 Å². The topological polar surface area (TPSA) is 55.6 Å². The van der Waals surface area contributed by atoms with Gasteiger partial charge in [0, 0.05) is 10.5 Å². The summed E-state index contributed by atoms with van der Waals surface area (Å²) in [5.74, 6) is 0.845. The van der Waals surface area contributed by atoms with Crippen LogP contribution in [-0.2, 0) is 6.54 Å². The molecule has 1 fully saturated rings. The minimum absolute atomic E-state index is 0.653. The van der Waals surface area contributed by atoms with Crippen LogP contribution in [0.15, 0.2) is 22.7 Å². The Morgan fingerprint density at radius 2 is 2.28 bits per heavy atom. The van der Waals surface area contributed by atoms with Gasteiger partial charge < -0.3 is 5.32 Å². The lowest BCUT2D eigenvalue weighted by atomic mass is 10.2. The van der Waals surface area contributed by atoms with Crippen LogP contribution in [0.2, 0.25) is 0 Å². The van der Waals surface area contributed by atoms with Crippen LogP contribution in [0, 0.1) is 6.92 Å². The number of aryl methyl sites for hydroxylation is 1. The third-order valence-corrected chi connectivity index (χ3v) is 3.91. The maximum atomic E-state index is 4.07. The van der Waals surface area contributed by atoms with E-state index in [0.717, 1.165) is 16.0 Å². The first-order chi connectivity index (χ1) is 8.74. The van der Waals surface area contributed by atoms with Crippen LogP contribution in [0.4, 0.5) is 0 Å². The van der Waals surface area contributed by atoms with Crippen LogP contribution in [0.5, 0.6) is 0 Å². The number of hydrogen-bond donors (Lipinski definition) is 1. The first kappa shape index (κ1) is 11.8. The maximum absolute atomic E-state index is 4.07. The highest BCUT2D eigenvalue weighted by Gasteiger charge is 2.21. The van der Waals surface area contributed by atoms with Crippen molar-refractivity contribution in [3.8, 4) is 5.69 Å². The summed E-state index contributed by atoms with van der Waals surface area (Å²) in [6, 6.07) is 6.77. The van der Waals surface area contributed by atoms with Gasteiger partial charge in [-0.25, -0.2) is 0 Å². The van der Waals surface area contributed by atoms with E-state index in [0.29, 0.717) is 12.6 Å². The number of hydrogen-bond acceptors (Lipinski definition) is 4. The average Bonchev–Trinajstić information content (AvgIpc) is 3.08. The Kier molecular flexibility index (Phi) is 3.13. The minimum atomic E-state index is 0.653. The summed E-state index contributed by atoms with van der Waals surface area (Å²) in [6.07, 6.45) is 2.52. The van der Waals surface area contributed by atoms with Gasteiger partial charge in [-0.15, -0.1) is 5.10 Å². The van der Waals surface area contributed by atoms with E-state index >= 15 is 0 Å². The summed E-state index contributed by atoms with van der Waals surface area (Å²) < 4.78 is 2.84. The molecule has 0 unspecified atom stereocenters. The van der Waals surface area contributed by atoms with Gasteiger partial charge >= 0.3 is 0 Å². The zero-order valence-corrected chi connectivity index (χ0v) is 11.7. The standard InChI is InChI=1S/C12H14BrN5/c1-8-2-5-10(6-11(8)13)18-12(15-16-17-18)7-14-9-3-4-9/h2,5-6,9,14H,3-4,7H2,1H3.